The second-order valence-corrected chi connectivity index (χ2v) is 5.51. The molecule has 0 bridgehead atoms. The molecular weight excluding hydrogens is 216 g/mol. The number of aliphatic hydroxyl groups is 1. The predicted octanol–water partition coefficient (Wildman–Crippen LogP) is 3.15. The molecule has 0 heterocycles. The van der Waals surface area contributed by atoms with Gasteiger partial charge in [-0.3, -0.25) is 4.79 Å². The maximum Gasteiger partial charge on any atom is 0.311 e. The molecule has 2 unspecified atom stereocenters. The van der Waals surface area contributed by atoms with Crippen LogP contribution in [0, 0.1) is 11.8 Å². The largest absolute Gasteiger partial charge is 0.469 e. The number of hydrogen-bond donors (Lipinski definition) is 1. The summed E-state index contributed by atoms with van der Waals surface area (Å²) in [4.78, 5) is 11.7. The summed E-state index contributed by atoms with van der Waals surface area (Å²) in [5.74, 6) is -0.149. The molecule has 0 aliphatic carbocycles. The molecule has 0 fully saturated rings. The van der Waals surface area contributed by atoms with Crippen LogP contribution in [0.25, 0.3) is 0 Å². The second kappa shape index (κ2) is 7.70. The fourth-order valence-corrected chi connectivity index (χ4v) is 1.99. The number of methoxy groups -OCH3 is 1. The Bertz CT molecular complexity index is 222. The Labute approximate surface area is 106 Å². The Hall–Kier alpha value is -0.570. The second-order valence-electron chi connectivity index (χ2n) is 5.51. The molecule has 17 heavy (non-hydrogen) atoms. The first-order valence-corrected chi connectivity index (χ1v) is 6.65. The topological polar surface area (TPSA) is 46.5 Å². The molecule has 0 saturated heterocycles. The first-order chi connectivity index (χ1) is 7.85. The molecule has 0 aromatic rings. The quantitative estimate of drug-likeness (QED) is 0.667. The molecule has 0 aliphatic rings. The molecule has 3 heteroatoms. The lowest BCUT2D eigenvalue weighted by molar-refractivity contribution is -0.156. The van der Waals surface area contributed by atoms with Crippen molar-refractivity contribution in [3.63, 3.8) is 0 Å². The molecule has 0 amide bonds. The number of esters is 1. The van der Waals surface area contributed by atoms with Gasteiger partial charge in [0.25, 0.3) is 0 Å². The van der Waals surface area contributed by atoms with Gasteiger partial charge in [0.2, 0.25) is 0 Å². The number of hydrogen-bond acceptors (Lipinski definition) is 3. The molecule has 1 N–H and O–H groups in total. The molecule has 0 rings (SSSR count). The van der Waals surface area contributed by atoms with Crippen molar-refractivity contribution < 1.29 is 14.6 Å². The van der Waals surface area contributed by atoms with Crippen LogP contribution in [0.4, 0.5) is 0 Å². The minimum atomic E-state index is -0.952. The van der Waals surface area contributed by atoms with Crippen LogP contribution in [0.2, 0.25) is 0 Å². The molecule has 0 spiro atoms. The van der Waals surface area contributed by atoms with Crippen LogP contribution in [0.15, 0.2) is 0 Å². The highest BCUT2D eigenvalue weighted by Gasteiger charge is 2.37. The first kappa shape index (κ1) is 16.4. The van der Waals surface area contributed by atoms with Crippen molar-refractivity contribution in [1.82, 2.24) is 0 Å². The van der Waals surface area contributed by atoms with Gasteiger partial charge in [0, 0.05) is 0 Å². The minimum Gasteiger partial charge on any atom is -0.469 e. The lowest BCUT2D eigenvalue weighted by atomic mass is 9.80. The third-order valence-electron chi connectivity index (χ3n) is 3.31. The molecule has 3 nitrogen and oxygen atoms in total. The van der Waals surface area contributed by atoms with Crippen molar-refractivity contribution in [1.29, 1.82) is 0 Å². The van der Waals surface area contributed by atoms with Gasteiger partial charge in [0.15, 0.2) is 0 Å². The monoisotopic (exact) mass is 244 g/mol. The average Bonchev–Trinajstić information content (AvgIpc) is 2.26. The SMILES string of the molecule is CCCCC(C(=O)OC)C(C)(O)CCC(C)C. The Kier molecular flexibility index (Phi) is 7.44. The van der Waals surface area contributed by atoms with Gasteiger partial charge in [-0.2, -0.15) is 0 Å². The standard InChI is InChI=1S/C14H28O3/c1-6-7-8-12(13(15)17-5)14(4,16)10-9-11(2)3/h11-12,16H,6-10H2,1-5H3. The van der Waals surface area contributed by atoms with E-state index in [0.717, 1.165) is 19.3 Å². The van der Waals surface area contributed by atoms with Crippen molar-refractivity contribution in [2.45, 2.75) is 65.4 Å². The van der Waals surface area contributed by atoms with E-state index in [1.807, 2.05) is 0 Å². The van der Waals surface area contributed by atoms with E-state index in [1.165, 1.54) is 7.11 Å². The summed E-state index contributed by atoms with van der Waals surface area (Å²) >= 11 is 0. The van der Waals surface area contributed by atoms with Gasteiger partial charge in [-0.25, -0.2) is 0 Å². The fourth-order valence-electron chi connectivity index (χ4n) is 1.99. The number of unbranched alkanes of at least 4 members (excludes halogenated alkanes) is 1. The fraction of sp³-hybridized carbons (Fsp3) is 0.929. The maximum atomic E-state index is 11.7. The van der Waals surface area contributed by atoms with E-state index in [4.69, 9.17) is 4.74 Å². The molecule has 0 aromatic carbocycles. The summed E-state index contributed by atoms with van der Waals surface area (Å²) in [6, 6.07) is 0. The zero-order chi connectivity index (χ0) is 13.5. The summed E-state index contributed by atoms with van der Waals surface area (Å²) in [7, 11) is 1.39. The van der Waals surface area contributed by atoms with E-state index >= 15 is 0 Å². The van der Waals surface area contributed by atoms with E-state index < -0.39 is 11.5 Å². The van der Waals surface area contributed by atoms with E-state index in [9.17, 15) is 9.90 Å². The van der Waals surface area contributed by atoms with Crippen molar-refractivity contribution in [3.05, 3.63) is 0 Å². The molecular formula is C14H28O3. The first-order valence-electron chi connectivity index (χ1n) is 6.65. The predicted molar refractivity (Wildman–Crippen MR) is 69.7 cm³/mol. The van der Waals surface area contributed by atoms with Crippen LogP contribution in [0.3, 0.4) is 0 Å². The van der Waals surface area contributed by atoms with Gasteiger partial charge >= 0.3 is 5.97 Å². The van der Waals surface area contributed by atoms with Crippen LogP contribution < -0.4 is 0 Å². The highest BCUT2D eigenvalue weighted by molar-refractivity contribution is 5.73. The Balaban J connectivity index is 4.57. The van der Waals surface area contributed by atoms with Crippen LogP contribution in [0.5, 0.6) is 0 Å². The van der Waals surface area contributed by atoms with Crippen molar-refractivity contribution in [3.8, 4) is 0 Å². The van der Waals surface area contributed by atoms with Crippen molar-refractivity contribution in [2.75, 3.05) is 7.11 Å². The molecule has 0 aromatic heterocycles. The van der Waals surface area contributed by atoms with Gasteiger partial charge in [-0.05, 0) is 32.1 Å². The van der Waals surface area contributed by atoms with Crippen LogP contribution in [0.1, 0.15) is 59.8 Å². The third kappa shape index (κ3) is 6.06. The summed E-state index contributed by atoms with van der Waals surface area (Å²) in [5.41, 5.74) is -0.952. The number of carbonyl (C=O) groups excluding carboxylic acids is 1. The average molecular weight is 244 g/mol. The summed E-state index contributed by atoms with van der Waals surface area (Å²) in [5, 5.41) is 10.5. The van der Waals surface area contributed by atoms with Crippen LogP contribution >= 0.6 is 0 Å². The van der Waals surface area contributed by atoms with Gasteiger partial charge < -0.3 is 9.84 Å². The van der Waals surface area contributed by atoms with E-state index in [2.05, 4.69) is 20.8 Å². The van der Waals surface area contributed by atoms with Crippen molar-refractivity contribution in [2.24, 2.45) is 11.8 Å². The number of ether oxygens (including phenoxy) is 1. The number of rotatable bonds is 8. The third-order valence-corrected chi connectivity index (χ3v) is 3.31. The molecule has 0 radical (unpaired) electrons. The van der Waals surface area contributed by atoms with E-state index in [1.54, 1.807) is 6.92 Å². The summed E-state index contributed by atoms with van der Waals surface area (Å²) < 4.78 is 4.80. The van der Waals surface area contributed by atoms with Crippen LogP contribution in [-0.4, -0.2) is 23.8 Å². The van der Waals surface area contributed by atoms with Gasteiger partial charge in [-0.15, -0.1) is 0 Å². The summed E-state index contributed by atoms with van der Waals surface area (Å²) in [6.07, 6.45) is 4.24. The van der Waals surface area contributed by atoms with Gasteiger partial charge in [0.1, 0.15) is 0 Å². The highest BCUT2D eigenvalue weighted by atomic mass is 16.5. The normalized spacial score (nSPS) is 16.6. The highest BCUT2D eigenvalue weighted by Crippen LogP contribution is 2.29. The molecule has 0 aliphatic heterocycles. The molecule has 2 atom stereocenters. The summed E-state index contributed by atoms with van der Waals surface area (Å²) in [6.45, 7) is 8.08. The minimum absolute atomic E-state index is 0.285. The zero-order valence-electron chi connectivity index (χ0n) is 12.0. The number of carbonyl (C=O) groups is 1. The van der Waals surface area contributed by atoms with E-state index in [0.29, 0.717) is 18.8 Å². The zero-order valence-corrected chi connectivity index (χ0v) is 12.0. The van der Waals surface area contributed by atoms with Crippen LogP contribution in [-0.2, 0) is 9.53 Å². The lowest BCUT2D eigenvalue weighted by Crippen LogP contribution is -2.40. The van der Waals surface area contributed by atoms with E-state index in [-0.39, 0.29) is 5.97 Å². The maximum absolute atomic E-state index is 11.7. The van der Waals surface area contributed by atoms with Gasteiger partial charge in [0.05, 0.1) is 18.6 Å². The lowest BCUT2D eigenvalue weighted by Gasteiger charge is -2.31. The Morgan fingerprint density at radius 2 is 1.94 bits per heavy atom. The smallest absolute Gasteiger partial charge is 0.311 e. The molecule has 0 saturated carbocycles. The van der Waals surface area contributed by atoms with Gasteiger partial charge in [-0.1, -0.05) is 33.6 Å². The Morgan fingerprint density at radius 3 is 2.35 bits per heavy atom. The van der Waals surface area contributed by atoms with Crippen molar-refractivity contribution >= 4 is 5.97 Å². The molecule has 102 valence electrons. The Morgan fingerprint density at radius 1 is 1.35 bits per heavy atom.